The van der Waals surface area contributed by atoms with Gasteiger partial charge in [-0.05, 0) is 54.4 Å². The van der Waals surface area contributed by atoms with Crippen molar-refractivity contribution in [2.45, 2.75) is 26.2 Å². The summed E-state index contributed by atoms with van der Waals surface area (Å²) in [4.78, 5) is 28.6. The van der Waals surface area contributed by atoms with Gasteiger partial charge in [-0.25, -0.2) is 14.4 Å². The number of hydrogen-bond donors (Lipinski definition) is 0. The second-order valence-corrected chi connectivity index (χ2v) is 10.5. The third-order valence-electron chi connectivity index (χ3n) is 6.41. The van der Waals surface area contributed by atoms with E-state index in [0.717, 1.165) is 51.6 Å². The summed E-state index contributed by atoms with van der Waals surface area (Å²) in [6.07, 6.45) is 2.92. The highest BCUT2D eigenvalue weighted by Crippen LogP contribution is 2.37. The fourth-order valence-corrected chi connectivity index (χ4v) is 5.50. The van der Waals surface area contributed by atoms with E-state index in [9.17, 15) is 9.18 Å². The van der Waals surface area contributed by atoms with E-state index in [-0.39, 0.29) is 18.3 Å². The van der Waals surface area contributed by atoms with Crippen molar-refractivity contribution in [1.82, 2.24) is 14.9 Å². The van der Waals surface area contributed by atoms with Crippen molar-refractivity contribution >= 4 is 44.9 Å². The zero-order valence-electron chi connectivity index (χ0n) is 20.6. The van der Waals surface area contributed by atoms with Gasteiger partial charge in [-0.2, -0.15) is 0 Å². The van der Waals surface area contributed by atoms with E-state index < -0.39 is 0 Å². The molecule has 1 fully saturated rings. The van der Waals surface area contributed by atoms with Gasteiger partial charge in [-0.1, -0.05) is 37.1 Å². The standard InChI is InChI=1S/C28H28ClFN4O2S/c1-2-3-4-25-31-27(23-17-24(37-28(23)32-25)19-5-9-21(30)10-6-19)34-15-13-33(14-16-34)26(35)18-36-22-11-7-20(29)8-12-22/h5-12,17H,2-4,13-16,18H2,1H3. The average Bonchev–Trinajstić information content (AvgIpc) is 3.35. The third-order valence-corrected chi connectivity index (χ3v) is 7.74. The zero-order chi connectivity index (χ0) is 25.8. The van der Waals surface area contributed by atoms with Crippen molar-refractivity contribution in [1.29, 1.82) is 0 Å². The Morgan fingerprint density at radius 3 is 2.49 bits per heavy atom. The first-order valence-corrected chi connectivity index (χ1v) is 13.7. The van der Waals surface area contributed by atoms with Gasteiger partial charge in [0.25, 0.3) is 5.91 Å². The molecule has 5 rings (SSSR count). The molecule has 0 bridgehead atoms. The summed E-state index contributed by atoms with van der Waals surface area (Å²) in [7, 11) is 0. The average molecular weight is 539 g/mol. The topological polar surface area (TPSA) is 58.6 Å². The van der Waals surface area contributed by atoms with E-state index in [4.69, 9.17) is 26.3 Å². The van der Waals surface area contributed by atoms with Gasteiger partial charge in [0.2, 0.25) is 0 Å². The fourth-order valence-electron chi connectivity index (χ4n) is 4.33. The van der Waals surface area contributed by atoms with Crippen molar-refractivity contribution in [3.05, 3.63) is 71.3 Å². The Morgan fingerprint density at radius 1 is 1.05 bits per heavy atom. The molecule has 4 aromatic rings. The molecule has 0 atom stereocenters. The highest BCUT2D eigenvalue weighted by atomic mass is 35.5. The molecule has 0 aliphatic carbocycles. The number of ether oxygens (including phenoxy) is 1. The number of rotatable bonds is 8. The lowest BCUT2D eigenvalue weighted by Crippen LogP contribution is -2.50. The Kier molecular flexibility index (Phi) is 7.86. The smallest absolute Gasteiger partial charge is 0.260 e. The molecule has 1 aliphatic heterocycles. The molecule has 2 aromatic heterocycles. The second kappa shape index (κ2) is 11.4. The number of halogens is 2. The summed E-state index contributed by atoms with van der Waals surface area (Å²) in [5, 5.41) is 1.62. The molecule has 0 saturated carbocycles. The quantitative estimate of drug-likeness (QED) is 0.266. The Balaban J connectivity index is 1.32. The van der Waals surface area contributed by atoms with Gasteiger partial charge in [-0.3, -0.25) is 4.79 Å². The van der Waals surface area contributed by atoms with Crippen LogP contribution in [0.15, 0.2) is 54.6 Å². The van der Waals surface area contributed by atoms with Gasteiger partial charge in [-0.15, -0.1) is 11.3 Å². The Morgan fingerprint density at radius 2 is 1.78 bits per heavy atom. The summed E-state index contributed by atoms with van der Waals surface area (Å²) in [6.45, 7) is 4.68. The first kappa shape index (κ1) is 25.4. The minimum absolute atomic E-state index is 0.00783. The van der Waals surface area contributed by atoms with Crippen LogP contribution >= 0.6 is 22.9 Å². The van der Waals surface area contributed by atoms with Crippen LogP contribution in [0.3, 0.4) is 0 Å². The minimum atomic E-state index is -0.252. The maximum atomic E-state index is 13.5. The molecule has 1 aliphatic rings. The molecule has 0 N–H and O–H groups in total. The van der Waals surface area contributed by atoms with E-state index in [1.807, 2.05) is 4.90 Å². The van der Waals surface area contributed by atoms with Gasteiger partial charge in [0.15, 0.2) is 6.61 Å². The van der Waals surface area contributed by atoms with Crippen LogP contribution < -0.4 is 9.64 Å². The molecule has 3 heterocycles. The van der Waals surface area contributed by atoms with E-state index in [1.165, 1.54) is 12.1 Å². The van der Waals surface area contributed by atoms with Crippen LogP contribution in [-0.4, -0.2) is 53.6 Å². The number of carbonyl (C=O) groups is 1. The number of aromatic nitrogens is 2. The molecule has 0 spiro atoms. The third kappa shape index (κ3) is 6.02. The van der Waals surface area contributed by atoms with E-state index >= 15 is 0 Å². The van der Waals surface area contributed by atoms with E-state index in [2.05, 4.69) is 17.9 Å². The molecule has 2 aromatic carbocycles. The van der Waals surface area contributed by atoms with Crippen LogP contribution in [0.5, 0.6) is 5.75 Å². The minimum Gasteiger partial charge on any atom is -0.484 e. The summed E-state index contributed by atoms with van der Waals surface area (Å²) in [6, 6.07) is 15.6. The van der Waals surface area contributed by atoms with Crippen molar-refractivity contribution < 1.29 is 13.9 Å². The number of carbonyl (C=O) groups excluding carboxylic acids is 1. The van der Waals surface area contributed by atoms with Gasteiger partial charge < -0.3 is 14.5 Å². The summed E-state index contributed by atoms with van der Waals surface area (Å²) in [5.41, 5.74) is 0.960. The van der Waals surface area contributed by atoms with Crippen LogP contribution in [-0.2, 0) is 11.2 Å². The number of aryl methyl sites for hydroxylation is 1. The molecule has 192 valence electrons. The lowest BCUT2D eigenvalue weighted by molar-refractivity contribution is -0.133. The normalized spacial score (nSPS) is 13.8. The number of piperazine rings is 1. The monoisotopic (exact) mass is 538 g/mol. The summed E-state index contributed by atoms with van der Waals surface area (Å²) < 4.78 is 19.1. The number of nitrogens with zero attached hydrogens (tertiary/aromatic N) is 4. The predicted octanol–water partition coefficient (Wildman–Crippen LogP) is 6.22. The van der Waals surface area contributed by atoms with Crippen LogP contribution in [0.2, 0.25) is 5.02 Å². The van der Waals surface area contributed by atoms with Gasteiger partial charge in [0, 0.05) is 42.5 Å². The fraction of sp³-hybridized carbons (Fsp3) is 0.321. The maximum Gasteiger partial charge on any atom is 0.260 e. The van der Waals surface area contributed by atoms with E-state index in [0.29, 0.717) is 37.0 Å². The first-order chi connectivity index (χ1) is 18.0. The van der Waals surface area contributed by atoms with Gasteiger partial charge in [0.05, 0.1) is 5.39 Å². The molecule has 37 heavy (non-hydrogen) atoms. The second-order valence-electron chi connectivity index (χ2n) is 9.01. The SMILES string of the molecule is CCCCc1nc(N2CCN(C(=O)COc3ccc(Cl)cc3)CC2)c2cc(-c3ccc(F)cc3)sc2n1. The Labute approximate surface area is 224 Å². The highest BCUT2D eigenvalue weighted by Gasteiger charge is 2.25. The lowest BCUT2D eigenvalue weighted by Gasteiger charge is -2.35. The molecule has 0 radical (unpaired) electrons. The van der Waals surface area contributed by atoms with E-state index in [1.54, 1.807) is 47.7 Å². The lowest BCUT2D eigenvalue weighted by atomic mass is 10.1. The number of amides is 1. The molecule has 1 saturated heterocycles. The first-order valence-electron chi connectivity index (χ1n) is 12.5. The summed E-state index contributed by atoms with van der Waals surface area (Å²) in [5.74, 6) is 2.07. The number of benzene rings is 2. The molecule has 9 heteroatoms. The molecule has 1 amide bonds. The number of anilines is 1. The summed E-state index contributed by atoms with van der Waals surface area (Å²) >= 11 is 7.52. The molecular formula is C28H28ClFN4O2S. The number of fused-ring (bicyclic) bond motifs is 1. The number of thiophene rings is 1. The highest BCUT2D eigenvalue weighted by molar-refractivity contribution is 7.21. The molecule has 6 nitrogen and oxygen atoms in total. The molecular weight excluding hydrogens is 511 g/mol. The predicted molar refractivity (Wildman–Crippen MR) is 147 cm³/mol. The van der Waals surface area contributed by atoms with Crippen molar-refractivity contribution in [3.63, 3.8) is 0 Å². The Hall–Kier alpha value is -3.23. The zero-order valence-corrected chi connectivity index (χ0v) is 22.2. The number of unbranched alkanes of at least 4 members (excludes halogenated alkanes) is 1. The van der Waals surface area contributed by atoms with Gasteiger partial charge >= 0.3 is 0 Å². The van der Waals surface area contributed by atoms with Crippen LogP contribution in [0.1, 0.15) is 25.6 Å². The molecule has 0 unspecified atom stereocenters. The van der Waals surface area contributed by atoms with Crippen molar-refractivity contribution in [2.75, 3.05) is 37.7 Å². The van der Waals surface area contributed by atoms with Crippen LogP contribution in [0, 0.1) is 5.82 Å². The largest absolute Gasteiger partial charge is 0.484 e. The van der Waals surface area contributed by atoms with Gasteiger partial charge in [0.1, 0.15) is 28.0 Å². The number of hydrogen-bond acceptors (Lipinski definition) is 6. The van der Waals surface area contributed by atoms with Crippen molar-refractivity contribution in [3.8, 4) is 16.2 Å². The van der Waals surface area contributed by atoms with Crippen LogP contribution in [0.25, 0.3) is 20.7 Å². The van der Waals surface area contributed by atoms with Crippen molar-refractivity contribution in [2.24, 2.45) is 0 Å². The van der Waals surface area contributed by atoms with Crippen LogP contribution in [0.4, 0.5) is 10.2 Å². The maximum absolute atomic E-state index is 13.5. The Bertz CT molecular complexity index is 1370.